The Labute approximate surface area is 170 Å². The van der Waals surface area contributed by atoms with Gasteiger partial charge in [-0.2, -0.15) is 0 Å². The van der Waals surface area contributed by atoms with E-state index in [2.05, 4.69) is 58.6 Å². The zero-order valence-electron chi connectivity index (χ0n) is 17.9. The van der Waals surface area contributed by atoms with Crippen LogP contribution in [0.3, 0.4) is 0 Å². The number of piperidine rings is 1. The van der Waals surface area contributed by atoms with Crippen LogP contribution in [0.2, 0.25) is 0 Å². The van der Waals surface area contributed by atoms with Gasteiger partial charge in [0.25, 0.3) is 0 Å². The van der Waals surface area contributed by atoms with E-state index in [9.17, 15) is 0 Å². The smallest absolute Gasteiger partial charge is 0.191 e. The summed E-state index contributed by atoms with van der Waals surface area (Å²) in [5.41, 5.74) is 2.59. The van der Waals surface area contributed by atoms with Crippen LogP contribution in [0.15, 0.2) is 29.3 Å². The molecule has 2 fully saturated rings. The summed E-state index contributed by atoms with van der Waals surface area (Å²) < 4.78 is 6.16. The van der Waals surface area contributed by atoms with Gasteiger partial charge in [-0.25, -0.2) is 0 Å². The van der Waals surface area contributed by atoms with Gasteiger partial charge in [0.2, 0.25) is 0 Å². The Bertz CT molecular complexity index is 616. The van der Waals surface area contributed by atoms with E-state index in [1.54, 1.807) is 0 Å². The number of nitrogens with one attached hydrogen (secondary N) is 2. The van der Waals surface area contributed by atoms with E-state index >= 15 is 0 Å². The van der Waals surface area contributed by atoms with E-state index in [4.69, 9.17) is 4.74 Å². The highest BCUT2D eigenvalue weighted by atomic mass is 16.5. The number of benzene rings is 1. The standard InChI is InChI=1S/C23H38N4O/c1-4-27-14-6-5-9-21(27)17-26-23(24-3)25-16-20-8-7-15-28-22(20)19-12-10-18(2)11-13-19/h10-13,20-22H,4-9,14-17H2,1-3H3,(H2,24,25,26). The minimum absolute atomic E-state index is 0.175. The zero-order valence-corrected chi connectivity index (χ0v) is 17.9. The van der Waals surface area contributed by atoms with Crippen LogP contribution in [0.4, 0.5) is 0 Å². The van der Waals surface area contributed by atoms with Gasteiger partial charge in [0.15, 0.2) is 5.96 Å². The molecule has 0 aromatic heterocycles. The number of hydrogen-bond donors (Lipinski definition) is 2. The summed E-state index contributed by atoms with van der Waals surface area (Å²) >= 11 is 0. The van der Waals surface area contributed by atoms with Gasteiger partial charge in [0, 0.05) is 38.7 Å². The Balaban J connectivity index is 1.52. The van der Waals surface area contributed by atoms with Crippen LogP contribution in [-0.4, -0.2) is 56.7 Å². The number of rotatable bonds is 6. The molecule has 3 rings (SSSR count). The Kier molecular flexibility index (Phi) is 8.16. The average molecular weight is 387 g/mol. The number of hydrogen-bond acceptors (Lipinski definition) is 3. The molecular weight excluding hydrogens is 348 g/mol. The molecule has 0 bridgehead atoms. The van der Waals surface area contributed by atoms with Crippen molar-refractivity contribution in [3.63, 3.8) is 0 Å². The predicted molar refractivity (Wildman–Crippen MR) is 117 cm³/mol. The largest absolute Gasteiger partial charge is 0.373 e. The first-order valence-electron chi connectivity index (χ1n) is 11.1. The molecule has 5 nitrogen and oxygen atoms in total. The molecule has 2 aliphatic rings. The highest BCUT2D eigenvalue weighted by Crippen LogP contribution is 2.33. The molecule has 0 saturated carbocycles. The molecule has 1 aromatic carbocycles. The normalized spacial score (nSPS) is 26.8. The second-order valence-electron chi connectivity index (χ2n) is 8.22. The summed E-state index contributed by atoms with van der Waals surface area (Å²) in [5.74, 6) is 1.38. The third-order valence-electron chi connectivity index (χ3n) is 6.27. The van der Waals surface area contributed by atoms with Crippen LogP contribution < -0.4 is 10.6 Å². The monoisotopic (exact) mass is 386 g/mol. The fraction of sp³-hybridized carbons (Fsp3) is 0.696. The van der Waals surface area contributed by atoms with Crippen LogP contribution in [0, 0.1) is 12.8 Å². The molecule has 0 amide bonds. The van der Waals surface area contributed by atoms with Crippen molar-refractivity contribution in [3.05, 3.63) is 35.4 Å². The topological polar surface area (TPSA) is 48.9 Å². The summed E-state index contributed by atoms with van der Waals surface area (Å²) in [6, 6.07) is 9.42. The van der Waals surface area contributed by atoms with Crippen LogP contribution >= 0.6 is 0 Å². The van der Waals surface area contributed by atoms with Crippen molar-refractivity contribution in [1.82, 2.24) is 15.5 Å². The van der Waals surface area contributed by atoms with Gasteiger partial charge in [0.05, 0.1) is 6.10 Å². The van der Waals surface area contributed by atoms with Gasteiger partial charge < -0.3 is 15.4 Å². The van der Waals surface area contributed by atoms with E-state index < -0.39 is 0 Å². The fourth-order valence-corrected chi connectivity index (χ4v) is 4.55. The molecule has 5 heteroatoms. The number of ether oxygens (including phenoxy) is 1. The van der Waals surface area contributed by atoms with Gasteiger partial charge in [-0.3, -0.25) is 9.89 Å². The predicted octanol–water partition coefficient (Wildman–Crippen LogP) is 3.50. The number of likely N-dealkylation sites (tertiary alicyclic amines) is 1. The first-order chi connectivity index (χ1) is 13.7. The van der Waals surface area contributed by atoms with E-state index in [-0.39, 0.29) is 6.10 Å². The number of nitrogens with zero attached hydrogens (tertiary/aromatic N) is 2. The van der Waals surface area contributed by atoms with E-state index in [0.717, 1.165) is 38.6 Å². The van der Waals surface area contributed by atoms with Gasteiger partial charge in [-0.05, 0) is 51.3 Å². The van der Waals surface area contributed by atoms with Crippen LogP contribution in [0.5, 0.6) is 0 Å². The summed E-state index contributed by atoms with van der Waals surface area (Å²) in [5, 5.41) is 7.12. The first kappa shape index (κ1) is 21.1. The highest BCUT2D eigenvalue weighted by Gasteiger charge is 2.28. The van der Waals surface area contributed by atoms with E-state index in [1.165, 1.54) is 43.4 Å². The number of guanidine groups is 1. The minimum Gasteiger partial charge on any atom is -0.373 e. The molecule has 156 valence electrons. The Hall–Kier alpha value is -1.59. The highest BCUT2D eigenvalue weighted by molar-refractivity contribution is 5.79. The van der Waals surface area contributed by atoms with Gasteiger partial charge in [-0.15, -0.1) is 0 Å². The maximum atomic E-state index is 6.16. The van der Waals surface area contributed by atoms with Crippen LogP contribution in [0.25, 0.3) is 0 Å². The maximum Gasteiger partial charge on any atom is 0.191 e. The van der Waals surface area contributed by atoms with Gasteiger partial charge in [-0.1, -0.05) is 43.2 Å². The average Bonchev–Trinajstić information content (AvgIpc) is 2.75. The summed E-state index contributed by atoms with van der Waals surface area (Å²) in [7, 11) is 1.86. The SMILES string of the molecule is CCN1CCCCC1CNC(=NC)NCC1CCCOC1c1ccc(C)cc1. The minimum atomic E-state index is 0.175. The van der Waals surface area contributed by atoms with Gasteiger partial charge >= 0.3 is 0 Å². The second kappa shape index (κ2) is 10.8. The number of likely N-dealkylation sites (N-methyl/N-ethyl adjacent to an activating group) is 1. The lowest BCUT2D eigenvalue weighted by molar-refractivity contribution is -0.0265. The molecule has 3 unspecified atom stereocenters. The van der Waals surface area contributed by atoms with E-state index in [1.807, 2.05) is 7.05 Å². The molecule has 1 aromatic rings. The van der Waals surface area contributed by atoms with Crippen LogP contribution in [-0.2, 0) is 4.74 Å². The molecule has 2 N–H and O–H groups in total. The molecule has 2 aliphatic heterocycles. The molecule has 0 spiro atoms. The van der Waals surface area contributed by atoms with E-state index in [0.29, 0.717) is 12.0 Å². The molecular formula is C23H38N4O. The molecule has 3 atom stereocenters. The molecule has 28 heavy (non-hydrogen) atoms. The Morgan fingerprint density at radius 1 is 1.11 bits per heavy atom. The lowest BCUT2D eigenvalue weighted by atomic mass is 9.89. The third-order valence-corrected chi connectivity index (χ3v) is 6.27. The van der Waals surface area contributed by atoms with Crippen molar-refractivity contribution in [2.24, 2.45) is 10.9 Å². The quantitative estimate of drug-likeness (QED) is 0.580. The lowest BCUT2D eigenvalue weighted by Crippen LogP contribution is -2.49. The number of aliphatic imine (C=N–C) groups is 1. The first-order valence-corrected chi connectivity index (χ1v) is 11.1. The van der Waals surface area contributed by atoms with Crippen molar-refractivity contribution in [3.8, 4) is 0 Å². The van der Waals surface area contributed by atoms with Crippen molar-refractivity contribution in [2.45, 2.75) is 58.1 Å². The van der Waals surface area contributed by atoms with Crippen molar-refractivity contribution in [2.75, 3.05) is 39.8 Å². The third kappa shape index (κ3) is 5.71. The van der Waals surface area contributed by atoms with Crippen molar-refractivity contribution in [1.29, 1.82) is 0 Å². The lowest BCUT2D eigenvalue weighted by Gasteiger charge is -2.35. The van der Waals surface area contributed by atoms with Gasteiger partial charge in [0.1, 0.15) is 0 Å². The Morgan fingerprint density at radius 3 is 2.64 bits per heavy atom. The summed E-state index contributed by atoms with van der Waals surface area (Å²) in [6.07, 6.45) is 6.45. The Morgan fingerprint density at radius 2 is 1.89 bits per heavy atom. The number of aryl methyl sites for hydroxylation is 1. The van der Waals surface area contributed by atoms with Crippen molar-refractivity contribution >= 4 is 5.96 Å². The maximum absolute atomic E-state index is 6.16. The molecule has 2 heterocycles. The molecule has 0 radical (unpaired) electrons. The molecule has 0 aliphatic carbocycles. The summed E-state index contributed by atoms with van der Waals surface area (Å²) in [6.45, 7) is 9.47. The second-order valence-corrected chi connectivity index (χ2v) is 8.22. The van der Waals surface area contributed by atoms with Crippen molar-refractivity contribution < 1.29 is 4.74 Å². The summed E-state index contributed by atoms with van der Waals surface area (Å²) in [4.78, 5) is 7.04. The zero-order chi connectivity index (χ0) is 19.8. The fourth-order valence-electron chi connectivity index (χ4n) is 4.55. The molecule has 2 saturated heterocycles. The van der Waals surface area contributed by atoms with Crippen LogP contribution in [0.1, 0.15) is 56.3 Å².